The van der Waals surface area contributed by atoms with Gasteiger partial charge in [0.2, 0.25) is 10.0 Å². The number of aliphatic hydroxyl groups excluding tert-OH is 1. The van der Waals surface area contributed by atoms with Crippen LogP contribution in [0, 0.1) is 29.4 Å². The highest BCUT2D eigenvalue weighted by Gasteiger charge is 2.28. The Hall–Kier alpha value is -3.37. The number of aliphatic hydroxyl groups is 1. The predicted molar refractivity (Wildman–Crippen MR) is 176 cm³/mol. The highest BCUT2D eigenvalue weighted by molar-refractivity contribution is 7.89. The lowest BCUT2D eigenvalue weighted by atomic mass is 9.99. The van der Waals surface area contributed by atoms with Gasteiger partial charge in [-0.25, -0.2) is 22.2 Å². The minimum absolute atomic E-state index is 0.113. The summed E-state index contributed by atoms with van der Waals surface area (Å²) in [6.07, 6.45) is 0.541. The van der Waals surface area contributed by atoms with Crippen LogP contribution in [0.5, 0.6) is 0 Å². The van der Waals surface area contributed by atoms with Crippen molar-refractivity contribution in [3.8, 4) is 11.8 Å². The molecule has 2 aromatic rings. The third-order valence-electron chi connectivity index (χ3n) is 6.87. The summed E-state index contributed by atoms with van der Waals surface area (Å²) >= 11 is 0. The fourth-order valence-corrected chi connectivity index (χ4v) is 6.64. The van der Waals surface area contributed by atoms with Crippen LogP contribution < -0.4 is 10.1 Å². The van der Waals surface area contributed by atoms with Gasteiger partial charge in [0, 0.05) is 48.9 Å². The highest BCUT2D eigenvalue weighted by Crippen LogP contribution is 2.17. The molecule has 0 bridgehead atoms. The topological polar surface area (TPSA) is 119 Å². The summed E-state index contributed by atoms with van der Waals surface area (Å²) < 4.78 is 53.5. The van der Waals surface area contributed by atoms with E-state index in [-0.39, 0.29) is 53.8 Å². The van der Waals surface area contributed by atoms with Gasteiger partial charge in [-0.15, -0.1) is 10.8 Å². The molecule has 2 amide bonds. The van der Waals surface area contributed by atoms with Crippen LogP contribution in [0.2, 0.25) is 0 Å². The minimum atomic E-state index is -3.72. The number of carbonyl (C=O) groups is 2. The zero-order valence-corrected chi connectivity index (χ0v) is 28.5. The van der Waals surface area contributed by atoms with E-state index in [4.69, 9.17) is 0 Å². The van der Waals surface area contributed by atoms with Crippen LogP contribution in [0.1, 0.15) is 92.6 Å². The summed E-state index contributed by atoms with van der Waals surface area (Å²) in [4.78, 5) is 31.4. The Morgan fingerprint density at radius 2 is 1.50 bits per heavy atom. The molecule has 3 N–H and O–H groups in total. The summed E-state index contributed by atoms with van der Waals surface area (Å²) in [6, 6.07) is 6.45. The van der Waals surface area contributed by atoms with Crippen LogP contribution in [0.15, 0.2) is 36.4 Å². The van der Waals surface area contributed by atoms with Gasteiger partial charge in [0.15, 0.2) is 0 Å². The molecule has 2 atom stereocenters. The molecule has 254 valence electrons. The molecule has 46 heavy (non-hydrogen) atoms. The molecular formula is C34H48F2N4O5S. The smallest absolute Gasteiger partial charge is 0.253 e. The Morgan fingerprint density at radius 3 is 2.04 bits per heavy atom. The van der Waals surface area contributed by atoms with Crippen molar-refractivity contribution >= 4 is 21.8 Å². The van der Waals surface area contributed by atoms with Gasteiger partial charge in [-0.05, 0) is 74.4 Å². The van der Waals surface area contributed by atoms with E-state index in [1.165, 1.54) is 17.1 Å². The van der Waals surface area contributed by atoms with Gasteiger partial charge in [-0.3, -0.25) is 9.59 Å². The van der Waals surface area contributed by atoms with Crippen molar-refractivity contribution in [2.24, 2.45) is 5.92 Å². The molecule has 0 aliphatic carbocycles. The molecule has 2 rings (SSSR count). The molecule has 0 saturated heterocycles. The lowest BCUT2D eigenvalue weighted by molar-refractivity contribution is 0.0618. The zero-order valence-electron chi connectivity index (χ0n) is 27.7. The Balaban J connectivity index is 2.48. The van der Waals surface area contributed by atoms with E-state index >= 15 is 0 Å². The molecular weight excluding hydrogens is 614 g/mol. The Kier molecular flexibility index (Phi) is 15.8. The SMILES string of the molecule is CC#Cc1cc(C(=O)NC(Cc2cc(F)cc(F)c2)C(O)CN(CCC)NS(=O)(=O)CC(C)C)cc(C(=O)N(CCC)CCC)c1. The summed E-state index contributed by atoms with van der Waals surface area (Å²) in [7, 11) is -3.72. The highest BCUT2D eigenvalue weighted by atomic mass is 32.2. The fraction of sp³-hybridized carbons (Fsp3) is 0.529. The quantitative estimate of drug-likeness (QED) is 0.160. The maximum atomic E-state index is 14.1. The van der Waals surface area contributed by atoms with Gasteiger partial charge in [-0.1, -0.05) is 40.5 Å². The van der Waals surface area contributed by atoms with Crippen molar-refractivity contribution in [2.45, 2.75) is 79.4 Å². The Labute approximate surface area is 272 Å². The molecule has 0 aliphatic rings. The molecule has 9 nitrogen and oxygen atoms in total. The molecule has 0 aromatic heterocycles. The second-order valence-electron chi connectivity index (χ2n) is 11.8. The molecule has 0 aliphatic heterocycles. The first kappa shape index (κ1) is 38.8. The number of benzene rings is 2. The lowest BCUT2D eigenvalue weighted by Gasteiger charge is -2.30. The number of amides is 2. The number of rotatable bonds is 18. The average Bonchev–Trinajstić information content (AvgIpc) is 2.95. The predicted octanol–water partition coefficient (Wildman–Crippen LogP) is 4.50. The van der Waals surface area contributed by atoms with Crippen LogP contribution in [-0.4, -0.2) is 79.3 Å². The van der Waals surface area contributed by atoms with Gasteiger partial charge in [-0.2, -0.15) is 0 Å². The van der Waals surface area contributed by atoms with E-state index in [2.05, 4.69) is 22.0 Å². The number of hydrazine groups is 1. The first-order chi connectivity index (χ1) is 21.7. The number of carbonyl (C=O) groups excluding carboxylic acids is 2. The molecule has 12 heteroatoms. The van der Waals surface area contributed by atoms with Crippen LogP contribution in [-0.2, 0) is 16.4 Å². The van der Waals surface area contributed by atoms with Gasteiger partial charge in [0.1, 0.15) is 11.6 Å². The van der Waals surface area contributed by atoms with Crippen molar-refractivity contribution in [1.82, 2.24) is 20.1 Å². The average molecular weight is 663 g/mol. The monoisotopic (exact) mass is 662 g/mol. The van der Waals surface area contributed by atoms with E-state index in [1.807, 2.05) is 20.8 Å². The molecule has 0 fully saturated rings. The van der Waals surface area contributed by atoms with E-state index in [1.54, 1.807) is 31.7 Å². The maximum absolute atomic E-state index is 14.1. The second-order valence-corrected chi connectivity index (χ2v) is 13.6. The summed E-state index contributed by atoms with van der Waals surface area (Å²) in [6.45, 7) is 12.1. The minimum Gasteiger partial charge on any atom is -0.390 e. The van der Waals surface area contributed by atoms with Gasteiger partial charge in [0.25, 0.3) is 11.8 Å². The molecule has 2 aromatic carbocycles. The van der Waals surface area contributed by atoms with E-state index < -0.39 is 39.7 Å². The van der Waals surface area contributed by atoms with E-state index in [0.29, 0.717) is 25.1 Å². The van der Waals surface area contributed by atoms with Gasteiger partial charge in [0.05, 0.1) is 17.9 Å². The van der Waals surface area contributed by atoms with Gasteiger partial charge < -0.3 is 15.3 Å². The summed E-state index contributed by atoms with van der Waals surface area (Å²) in [5.74, 6) is 2.90. The number of sulfonamides is 1. The first-order valence-corrected chi connectivity index (χ1v) is 17.4. The fourth-order valence-electron chi connectivity index (χ4n) is 5.12. The van der Waals surface area contributed by atoms with Crippen molar-refractivity contribution in [3.05, 3.63) is 70.3 Å². The van der Waals surface area contributed by atoms with Crippen LogP contribution in [0.25, 0.3) is 0 Å². The molecule has 0 saturated carbocycles. The second kappa shape index (κ2) is 18.7. The molecule has 0 spiro atoms. The number of hydrogen-bond acceptors (Lipinski definition) is 6. The number of halogens is 2. The normalized spacial score (nSPS) is 12.8. The number of nitrogens with zero attached hydrogens (tertiary/aromatic N) is 2. The molecule has 0 radical (unpaired) electrons. The van der Waals surface area contributed by atoms with Crippen molar-refractivity contribution in [1.29, 1.82) is 0 Å². The van der Waals surface area contributed by atoms with Crippen LogP contribution in [0.3, 0.4) is 0 Å². The third kappa shape index (κ3) is 12.8. The van der Waals surface area contributed by atoms with Crippen molar-refractivity contribution in [2.75, 3.05) is 31.9 Å². The third-order valence-corrected chi connectivity index (χ3v) is 8.51. The van der Waals surface area contributed by atoms with E-state index in [9.17, 15) is 31.9 Å². The van der Waals surface area contributed by atoms with Crippen LogP contribution in [0.4, 0.5) is 8.78 Å². The van der Waals surface area contributed by atoms with E-state index in [0.717, 1.165) is 31.0 Å². The van der Waals surface area contributed by atoms with Crippen molar-refractivity contribution < 1.29 is 31.9 Å². The largest absolute Gasteiger partial charge is 0.390 e. The maximum Gasteiger partial charge on any atom is 0.253 e. The Morgan fingerprint density at radius 1 is 0.913 bits per heavy atom. The van der Waals surface area contributed by atoms with Crippen molar-refractivity contribution in [3.63, 3.8) is 0 Å². The Bertz CT molecular complexity index is 1460. The summed E-state index contributed by atoms with van der Waals surface area (Å²) in [5, 5.41) is 15.5. The first-order valence-electron chi connectivity index (χ1n) is 15.8. The standard InChI is InChI=1S/C34H48F2N4O5S/c1-7-11-25-15-27(20-28(16-25)34(43)39(12-8-2)13-9-3)33(42)37-31(19-26-17-29(35)21-30(36)18-26)32(41)22-40(14-10-4)38-46(44,45)23-24(5)6/h15-18,20-21,24,31-32,38,41H,8-10,12-14,19,22-23H2,1-6H3,(H,37,42). The molecule has 0 heterocycles. The van der Waals surface area contributed by atoms with Crippen LogP contribution >= 0.6 is 0 Å². The number of hydrogen-bond donors (Lipinski definition) is 3. The zero-order chi connectivity index (χ0) is 34.4. The lowest BCUT2D eigenvalue weighted by Crippen LogP contribution is -2.53. The van der Waals surface area contributed by atoms with Gasteiger partial charge >= 0.3 is 0 Å². The number of nitrogens with one attached hydrogen (secondary N) is 2. The summed E-state index contributed by atoms with van der Waals surface area (Å²) in [5.41, 5.74) is 1.03. The molecule has 2 unspecified atom stereocenters.